The van der Waals surface area contributed by atoms with Crippen molar-refractivity contribution in [1.29, 1.82) is 0 Å². The molecule has 1 aromatic carbocycles. The Hall–Kier alpha value is -2.04. The van der Waals surface area contributed by atoms with Gasteiger partial charge in [-0.3, -0.25) is 9.59 Å². The van der Waals surface area contributed by atoms with E-state index >= 15 is 0 Å². The molecule has 0 spiro atoms. The Kier molecular flexibility index (Phi) is 4.32. The molecule has 0 aromatic heterocycles. The van der Waals surface area contributed by atoms with E-state index in [0.29, 0.717) is 30.3 Å². The van der Waals surface area contributed by atoms with Gasteiger partial charge in [-0.1, -0.05) is 6.07 Å². The van der Waals surface area contributed by atoms with E-state index in [1.54, 1.807) is 29.2 Å². The smallest absolute Gasteiger partial charge is 0.253 e. The second kappa shape index (κ2) is 6.38. The molecule has 5 nitrogen and oxygen atoms in total. The van der Waals surface area contributed by atoms with Gasteiger partial charge in [0.1, 0.15) is 0 Å². The van der Waals surface area contributed by atoms with Gasteiger partial charge in [-0.05, 0) is 49.8 Å². The van der Waals surface area contributed by atoms with Crippen LogP contribution in [-0.4, -0.2) is 36.3 Å². The number of hydrogen-bond donors (Lipinski definition) is 2. The number of hydrogen-bond acceptors (Lipinski definition) is 3. The average Bonchev–Trinajstić information content (AvgIpc) is 3.36. The van der Waals surface area contributed by atoms with Crippen molar-refractivity contribution in [3.63, 3.8) is 0 Å². The van der Waals surface area contributed by atoms with E-state index in [2.05, 4.69) is 5.32 Å². The molecular weight excluding hydrogens is 278 g/mol. The molecule has 1 saturated carbocycles. The quantitative estimate of drug-likeness (QED) is 0.830. The summed E-state index contributed by atoms with van der Waals surface area (Å²) in [7, 11) is 0. The molecular formula is C17H23N3O2. The molecule has 22 heavy (non-hydrogen) atoms. The molecule has 3 rings (SSSR count). The number of rotatable bonds is 4. The number of likely N-dealkylation sites (tertiary alicyclic amines) is 1. The third-order valence-corrected chi connectivity index (χ3v) is 4.47. The fourth-order valence-corrected chi connectivity index (χ4v) is 2.94. The minimum Gasteiger partial charge on any atom is -0.399 e. The molecule has 5 heteroatoms. The van der Waals surface area contributed by atoms with E-state index in [9.17, 15) is 9.59 Å². The van der Waals surface area contributed by atoms with Crippen LogP contribution < -0.4 is 11.1 Å². The van der Waals surface area contributed by atoms with Crippen LogP contribution in [0.2, 0.25) is 0 Å². The van der Waals surface area contributed by atoms with Gasteiger partial charge < -0.3 is 16.0 Å². The first-order valence-corrected chi connectivity index (χ1v) is 8.06. The summed E-state index contributed by atoms with van der Waals surface area (Å²) < 4.78 is 0. The standard InChI is InChI=1S/C17H23N3O2/c18-15-5-1-3-13(9-15)17(22)20-8-2-4-14(11-20)16(21)19-10-12-6-7-12/h1,3,5,9,12,14H,2,4,6-8,10-11,18H2,(H,19,21). The molecule has 1 aliphatic carbocycles. The van der Waals surface area contributed by atoms with E-state index in [1.807, 2.05) is 0 Å². The Morgan fingerprint density at radius 1 is 1.27 bits per heavy atom. The summed E-state index contributed by atoms with van der Waals surface area (Å²) in [6.07, 6.45) is 4.18. The van der Waals surface area contributed by atoms with E-state index in [4.69, 9.17) is 5.73 Å². The number of nitrogens with two attached hydrogens (primary N) is 1. The van der Waals surface area contributed by atoms with Crippen LogP contribution >= 0.6 is 0 Å². The number of piperidine rings is 1. The molecule has 0 radical (unpaired) electrons. The van der Waals surface area contributed by atoms with Crippen LogP contribution in [0.3, 0.4) is 0 Å². The summed E-state index contributed by atoms with van der Waals surface area (Å²) in [5.41, 5.74) is 6.92. The van der Waals surface area contributed by atoms with E-state index in [-0.39, 0.29) is 17.7 Å². The lowest BCUT2D eigenvalue weighted by Crippen LogP contribution is -2.45. The first-order chi connectivity index (χ1) is 10.6. The largest absolute Gasteiger partial charge is 0.399 e. The third-order valence-electron chi connectivity index (χ3n) is 4.47. The number of carbonyl (C=O) groups is 2. The van der Waals surface area contributed by atoms with Crippen molar-refractivity contribution >= 4 is 17.5 Å². The van der Waals surface area contributed by atoms with Crippen molar-refractivity contribution in [1.82, 2.24) is 10.2 Å². The summed E-state index contributed by atoms with van der Waals surface area (Å²) in [6.45, 7) is 2.00. The number of benzene rings is 1. The van der Waals surface area contributed by atoms with Crippen molar-refractivity contribution in [2.75, 3.05) is 25.4 Å². The maximum absolute atomic E-state index is 12.5. The molecule has 1 aliphatic heterocycles. The predicted molar refractivity (Wildman–Crippen MR) is 85.2 cm³/mol. The number of amides is 2. The van der Waals surface area contributed by atoms with Crippen molar-refractivity contribution in [3.8, 4) is 0 Å². The molecule has 0 bridgehead atoms. The van der Waals surface area contributed by atoms with Gasteiger partial charge in [0.25, 0.3) is 5.91 Å². The molecule has 1 atom stereocenters. The highest BCUT2D eigenvalue weighted by Gasteiger charge is 2.30. The first kappa shape index (κ1) is 14.9. The van der Waals surface area contributed by atoms with E-state index in [1.165, 1.54) is 12.8 Å². The molecule has 3 N–H and O–H groups in total. The van der Waals surface area contributed by atoms with Crippen molar-refractivity contribution in [2.24, 2.45) is 11.8 Å². The number of nitrogen functional groups attached to an aromatic ring is 1. The maximum atomic E-state index is 12.5. The summed E-state index contributed by atoms with van der Waals surface area (Å²) in [5.74, 6) is 0.652. The second-order valence-corrected chi connectivity index (χ2v) is 6.40. The van der Waals surface area contributed by atoms with Crippen LogP contribution in [0, 0.1) is 11.8 Å². The molecule has 2 amide bonds. The van der Waals surface area contributed by atoms with Gasteiger partial charge in [-0.15, -0.1) is 0 Å². The van der Waals surface area contributed by atoms with Gasteiger partial charge in [-0.2, -0.15) is 0 Å². The number of nitrogens with one attached hydrogen (secondary N) is 1. The molecule has 1 saturated heterocycles. The molecule has 1 aromatic rings. The zero-order valence-corrected chi connectivity index (χ0v) is 12.8. The van der Waals surface area contributed by atoms with Gasteiger partial charge in [0, 0.05) is 30.9 Å². The fourth-order valence-electron chi connectivity index (χ4n) is 2.94. The van der Waals surface area contributed by atoms with Gasteiger partial charge in [0.15, 0.2) is 0 Å². The van der Waals surface area contributed by atoms with Gasteiger partial charge in [0.05, 0.1) is 5.92 Å². The molecule has 1 unspecified atom stereocenters. The summed E-state index contributed by atoms with van der Waals surface area (Å²) in [6, 6.07) is 7.02. The Labute approximate surface area is 130 Å². The summed E-state index contributed by atoms with van der Waals surface area (Å²) in [4.78, 5) is 26.5. The third kappa shape index (κ3) is 3.59. The molecule has 2 aliphatic rings. The lowest BCUT2D eigenvalue weighted by Gasteiger charge is -2.32. The van der Waals surface area contributed by atoms with Gasteiger partial charge >= 0.3 is 0 Å². The molecule has 1 heterocycles. The Balaban J connectivity index is 1.59. The van der Waals surface area contributed by atoms with Crippen LogP contribution in [0.1, 0.15) is 36.0 Å². The van der Waals surface area contributed by atoms with Crippen LogP contribution in [0.15, 0.2) is 24.3 Å². The Bertz CT molecular complexity index is 569. The zero-order chi connectivity index (χ0) is 15.5. The molecule has 118 valence electrons. The SMILES string of the molecule is Nc1cccc(C(=O)N2CCCC(C(=O)NCC3CC3)C2)c1. The highest BCUT2D eigenvalue weighted by molar-refractivity contribution is 5.95. The van der Waals surface area contributed by atoms with Crippen LogP contribution in [0.5, 0.6) is 0 Å². The first-order valence-electron chi connectivity index (χ1n) is 8.06. The number of carbonyl (C=O) groups excluding carboxylic acids is 2. The number of anilines is 1. The Morgan fingerprint density at radius 2 is 2.09 bits per heavy atom. The summed E-state index contributed by atoms with van der Waals surface area (Å²) >= 11 is 0. The monoisotopic (exact) mass is 301 g/mol. The minimum absolute atomic E-state index is 0.0352. The minimum atomic E-state index is -0.0856. The fraction of sp³-hybridized carbons (Fsp3) is 0.529. The molecule has 2 fully saturated rings. The second-order valence-electron chi connectivity index (χ2n) is 6.40. The van der Waals surface area contributed by atoms with Gasteiger partial charge in [-0.25, -0.2) is 0 Å². The highest BCUT2D eigenvalue weighted by atomic mass is 16.2. The van der Waals surface area contributed by atoms with Crippen LogP contribution in [0.4, 0.5) is 5.69 Å². The van der Waals surface area contributed by atoms with Crippen molar-refractivity contribution < 1.29 is 9.59 Å². The Morgan fingerprint density at radius 3 is 2.82 bits per heavy atom. The lowest BCUT2D eigenvalue weighted by atomic mass is 9.96. The highest BCUT2D eigenvalue weighted by Crippen LogP contribution is 2.28. The van der Waals surface area contributed by atoms with Crippen LogP contribution in [0.25, 0.3) is 0 Å². The predicted octanol–water partition coefficient (Wildman–Crippen LogP) is 1.65. The lowest BCUT2D eigenvalue weighted by molar-refractivity contribution is -0.126. The van der Waals surface area contributed by atoms with E-state index in [0.717, 1.165) is 19.4 Å². The maximum Gasteiger partial charge on any atom is 0.253 e. The normalized spacial score (nSPS) is 21.5. The van der Waals surface area contributed by atoms with Gasteiger partial charge in [0.2, 0.25) is 5.91 Å². The topological polar surface area (TPSA) is 75.4 Å². The van der Waals surface area contributed by atoms with Crippen molar-refractivity contribution in [3.05, 3.63) is 29.8 Å². The van der Waals surface area contributed by atoms with Crippen molar-refractivity contribution in [2.45, 2.75) is 25.7 Å². The van der Waals surface area contributed by atoms with E-state index < -0.39 is 0 Å². The average molecular weight is 301 g/mol. The summed E-state index contributed by atoms with van der Waals surface area (Å²) in [5, 5.41) is 3.03. The zero-order valence-electron chi connectivity index (χ0n) is 12.8. The van der Waals surface area contributed by atoms with Crippen LogP contribution in [-0.2, 0) is 4.79 Å². The number of nitrogens with zero attached hydrogens (tertiary/aromatic N) is 1.